The van der Waals surface area contributed by atoms with Gasteiger partial charge < -0.3 is 5.32 Å². The number of amides is 1. The number of nitrogens with one attached hydrogen (secondary N) is 1. The number of carbonyl (C=O) groups is 1. The molecule has 0 aliphatic heterocycles. The highest BCUT2D eigenvalue weighted by molar-refractivity contribution is 5.99. The van der Waals surface area contributed by atoms with E-state index in [4.69, 9.17) is 0 Å². The van der Waals surface area contributed by atoms with E-state index in [1.807, 2.05) is 24.3 Å². The fourth-order valence-electron chi connectivity index (χ4n) is 2.86. The summed E-state index contributed by atoms with van der Waals surface area (Å²) in [6.07, 6.45) is 8.31. The number of hydrogen-bond donors (Lipinski definition) is 1. The van der Waals surface area contributed by atoms with Crippen molar-refractivity contribution in [2.45, 2.75) is 38.5 Å². The summed E-state index contributed by atoms with van der Waals surface area (Å²) < 4.78 is 0. The lowest BCUT2D eigenvalue weighted by molar-refractivity contribution is -0.120. The normalized spacial score (nSPS) is 16.8. The summed E-state index contributed by atoms with van der Waals surface area (Å²) in [4.78, 5) is 20.8. The Hall–Kier alpha value is -1.97. The Bertz CT molecular complexity index is 598. The van der Waals surface area contributed by atoms with Gasteiger partial charge in [-0.3, -0.25) is 4.79 Å². The number of hydrogen-bond acceptors (Lipinski definition) is 3. The lowest BCUT2D eigenvalue weighted by Gasteiger charge is -2.14. The van der Waals surface area contributed by atoms with Crippen LogP contribution in [0.2, 0.25) is 0 Å². The van der Waals surface area contributed by atoms with Crippen LogP contribution < -0.4 is 5.32 Å². The van der Waals surface area contributed by atoms with Gasteiger partial charge in [-0.25, -0.2) is 9.97 Å². The maximum atomic E-state index is 12.4. The van der Waals surface area contributed by atoms with Gasteiger partial charge in [-0.2, -0.15) is 0 Å². The third-order valence-electron chi connectivity index (χ3n) is 4.01. The second kappa shape index (κ2) is 5.99. The molecule has 20 heavy (non-hydrogen) atoms. The highest BCUT2D eigenvalue weighted by atomic mass is 16.1. The summed E-state index contributed by atoms with van der Waals surface area (Å²) in [7, 11) is 0. The summed E-state index contributed by atoms with van der Waals surface area (Å²) in [6.45, 7) is 0. The number of para-hydroxylation sites is 1. The first kappa shape index (κ1) is 13.0. The molecule has 1 heterocycles. The van der Waals surface area contributed by atoms with E-state index < -0.39 is 0 Å². The van der Waals surface area contributed by atoms with E-state index in [1.54, 1.807) is 0 Å². The maximum absolute atomic E-state index is 12.4. The van der Waals surface area contributed by atoms with Gasteiger partial charge in [-0.15, -0.1) is 0 Å². The van der Waals surface area contributed by atoms with Crippen LogP contribution in [-0.4, -0.2) is 15.9 Å². The minimum atomic E-state index is 0.107. The molecule has 0 saturated heterocycles. The lowest BCUT2D eigenvalue weighted by Crippen LogP contribution is -2.23. The van der Waals surface area contributed by atoms with Crippen molar-refractivity contribution >= 4 is 22.6 Å². The number of fused-ring (bicyclic) bond motifs is 1. The predicted molar refractivity (Wildman–Crippen MR) is 79.4 cm³/mol. The van der Waals surface area contributed by atoms with E-state index >= 15 is 0 Å². The van der Waals surface area contributed by atoms with E-state index in [-0.39, 0.29) is 11.8 Å². The topological polar surface area (TPSA) is 54.9 Å². The smallest absolute Gasteiger partial charge is 0.228 e. The summed E-state index contributed by atoms with van der Waals surface area (Å²) in [5.74, 6) is 0.867. The summed E-state index contributed by atoms with van der Waals surface area (Å²) >= 11 is 0. The fourth-order valence-corrected chi connectivity index (χ4v) is 2.86. The van der Waals surface area contributed by atoms with Gasteiger partial charge in [-0.05, 0) is 25.0 Å². The van der Waals surface area contributed by atoms with Crippen molar-refractivity contribution in [1.29, 1.82) is 0 Å². The van der Waals surface area contributed by atoms with Crippen molar-refractivity contribution in [2.24, 2.45) is 5.92 Å². The van der Waals surface area contributed by atoms with Crippen molar-refractivity contribution in [1.82, 2.24) is 9.97 Å². The zero-order valence-corrected chi connectivity index (χ0v) is 11.5. The number of rotatable bonds is 2. The number of anilines is 1. The second-order valence-electron chi connectivity index (χ2n) is 5.42. The Kier molecular flexibility index (Phi) is 3.90. The van der Waals surface area contributed by atoms with Gasteiger partial charge in [0.2, 0.25) is 5.91 Å². The molecule has 1 aliphatic carbocycles. The van der Waals surface area contributed by atoms with Gasteiger partial charge in [0.1, 0.15) is 12.1 Å². The molecular weight excluding hydrogens is 250 g/mol. The Morgan fingerprint density at radius 1 is 1.05 bits per heavy atom. The molecule has 3 rings (SSSR count). The molecule has 1 aromatic heterocycles. The SMILES string of the molecule is O=C(Nc1ncnc2ccccc12)C1CCCCCC1. The second-order valence-corrected chi connectivity index (χ2v) is 5.42. The van der Waals surface area contributed by atoms with E-state index in [0.29, 0.717) is 5.82 Å². The van der Waals surface area contributed by atoms with Gasteiger partial charge >= 0.3 is 0 Å². The molecular formula is C16H19N3O. The van der Waals surface area contributed by atoms with E-state index in [9.17, 15) is 4.79 Å². The van der Waals surface area contributed by atoms with Gasteiger partial charge in [0, 0.05) is 11.3 Å². The van der Waals surface area contributed by atoms with E-state index in [2.05, 4.69) is 15.3 Å². The molecule has 1 fully saturated rings. The van der Waals surface area contributed by atoms with Crippen LogP contribution in [0.4, 0.5) is 5.82 Å². The van der Waals surface area contributed by atoms with Crippen LogP contribution in [0, 0.1) is 5.92 Å². The van der Waals surface area contributed by atoms with Gasteiger partial charge in [0.15, 0.2) is 0 Å². The summed E-state index contributed by atoms with van der Waals surface area (Å²) in [6, 6.07) is 7.75. The molecule has 1 aromatic carbocycles. The van der Waals surface area contributed by atoms with Crippen LogP contribution in [0.5, 0.6) is 0 Å². The molecule has 1 saturated carbocycles. The van der Waals surface area contributed by atoms with Crippen LogP contribution in [0.25, 0.3) is 10.9 Å². The number of aromatic nitrogens is 2. The van der Waals surface area contributed by atoms with Crippen LogP contribution in [0.3, 0.4) is 0 Å². The largest absolute Gasteiger partial charge is 0.310 e. The van der Waals surface area contributed by atoms with Crippen molar-refractivity contribution in [3.05, 3.63) is 30.6 Å². The van der Waals surface area contributed by atoms with E-state index in [0.717, 1.165) is 36.6 Å². The summed E-state index contributed by atoms with van der Waals surface area (Å²) in [5.41, 5.74) is 0.860. The lowest BCUT2D eigenvalue weighted by atomic mass is 9.99. The molecule has 1 aliphatic rings. The molecule has 1 amide bonds. The number of nitrogens with zero attached hydrogens (tertiary/aromatic N) is 2. The highest BCUT2D eigenvalue weighted by Crippen LogP contribution is 2.25. The number of carbonyl (C=O) groups excluding carboxylic acids is 1. The third kappa shape index (κ3) is 2.79. The molecule has 0 unspecified atom stereocenters. The Labute approximate surface area is 118 Å². The quantitative estimate of drug-likeness (QED) is 0.848. The van der Waals surface area contributed by atoms with Crippen molar-refractivity contribution in [3.8, 4) is 0 Å². The number of benzene rings is 1. The minimum absolute atomic E-state index is 0.107. The van der Waals surface area contributed by atoms with Crippen molar-refractivity contribution in [2.75, 3.05) is 5.32 Å². The molecule has 4 nitrogen and oxygen atoms in total. The maximum Gasteiger partial charge on any atom is 0.228 e. The van der Waals surface area contributed by atoms with Gasteiger partial charge in [0.25, 0.3) is 0 Å². The zero-order chi connectivity index (χ0) is 13.8. The van der Waals surface area contributed by atoms with Crippen LogP contribution in [0.1, 0.15) is 38.5 Å². The fraction of sp³-hybridized carbons (Fsp3) is 0.438. The molecule has 0 bridgehead atoms. The molecule has 104 valence electrons. The Morgan fingerprint density at radius 3 is 2.60 bits per heavy atom. The van der Waals surface area contributed by atoms with Gasteiger partial charge in [-0.1, -0.05) is 37.8 Å². The van der Waals surface area contributed by atoms with Crippen molar-refractivity contribution in [3.63, 3.8) is 0 Å². The molecule has 0 atom stereocenters. The first-order valence-electron chi connectivity index (χ1n) is 7.35. The Morgan fingerprint density at radius 2 is 1.80 bits per heavy atom. The minimum Gasteiger partial charge on any atom is -0.310 e. The van der Waals surface area contributed by atoms with Crippen LogP contribution in [-0.2, 0) is 4.79 Å². The Balaban J connectivity index is 1.80. The first-order valence-corrected chi connectivity index (χ1v) is 7.35. The molecule has 0 radical (unpaired) electrons. The highest BCUT2D eigenvalue weighted by Gasteiger charge is 2.20. The van der Waals surface area contributed by atoms with E-state index in [1.165, 1.54) is 19.2 Å². The third-order valence-corrected chi connectivity index (χ3v) is 4.01. The predicted octanol–water partition coefficient (Wildman–Crippen LogP) is 3.54. The van der Waals surface area contributed by atoms with Gasteiger partial charge in [0.05, 0.1) is 5.52 Å². The van der Waals surface area contributed by atoms with Crippen LogP contribution >= 0.6 is 0 Å². The zero-order valence-electron chi connectivity index (χ0n) is 11.5. The standard InChI is InChI=1S/C16H19N3O/c20-16(12-7-3-1-2-4-8-12)19-15-13-9-5-6-10-14(13)17-11-18-15/h5-6,9-12H,1-4,7-8H2,(H,17,18,19,20). The molecule has 4 heteroatoms. The average molecular weight is 269 g/mol. The summed E-state index contributed by atoms with van der Waals surface area (Å²) in [5, 5.41) is 3.89. The van der Waals surface area contributed by atoms with Crippen molar-refractivity contribution < 1.29 is 4.79 Å². The average Bonchev–Trinajstić information content (AvgIpc) is 2.77. The monoisotopic (exact) mass is 269 g/mol. The molecule has 0 spiro atoms. The van der Waals surface area contributed by atoms with Crippen LogP contribution in [0.15, 0.2) is 30.6 Å². The first-order chi connectivity index (χ1) is 9.84. The molecule has 2 aromatic rings. The molecule has 1 N–H and O–H groups in total.